The Kier molecular flexibility index (Phi) is 2.17. The normalized spacial score (nSPS) is 17.1. The van der Waals surface area contributed by atoms with Crippen LogP contribution in [0, 0.1) is 5.92 Å². The highest BCUT2D eigenvalue weighted by Gasteiger charge is 2.20. The van der Waals surface area contributed by atoms with Gasteiger partial charge in [0.05, 0.1) is 5.69 Å². The molecule has 0 aromatic carbocycles. The molecule has 1 aliphatic carbocycles. The van der Waals surface area contributed by atoms with Crippen LogP contribution in [0.25, 0.3) is 0 Å². The highest BCUT2D eigenvalue weighted by molar-refractivity contribution is 7.98. The van der Waals surface area contributed by atoms with Crippen molar-refractivity contribution in [1.29, 1.82) is 0 Å². The third-order valence-electron chi connectivity index (χ3n) is 1.79. The average molecular weight is 169 g/mol. The quantitative estimate of drug-likeness (QED) is 0.691. The van der Waals surface area contributed by atoms with Crippen molar-refractivity contribution in [2.75, 3.05) is 5.75 Å². The molecule has 1 fully saturated rings. The maximum absolute atomic E-state index is 4.72. The third kappa shape index (κ3) is 2.26. The Morgan fingerprint density at radius 1 is 1.64 bits per heavy atom. The number of thioether (sulfide) groups is 1. The van der Waals surface area contributed by atoms with Gasteiger partial charge in [0.1, 0.15) is 6.26 Å². The Balaban J connectivity index is 1.66. The van der Waals surface area contributed by atoms with Crippen molar-refractivity contribution in [2.45, 2.75) is 18.6 Å². The Hall–Kier alpha value is -0.440. The first-order chi connectivity index (χ1) is 5.45. The number of hydrogen-bond donors (Lipinski definition) is 0. The molecule has 1 aromatic heterocycles. The van der Waals surface area contributed by atoms with E-state index in [-0.39, 0.29) is 0 Å². The maximum atomic E-state index is 4.72. The fraction of sp³-hybridized carbons (Fsp3) is 0.625. The molecule has 0 bridgehead atoms. The SMILES string of the molecule is c1cc(CSCC2CC2)no1. The summed E-state index contributed by atoms with van der Waals surface area (Å²) in [5.74, 6) is 3.31. The Morgan fingerprint density at radius 3 is 3.18 bits per heavy atom. The van der Waals surface area contributed by atoms with Crippen molar-refractivity contribution in [3.63, 3.8) is 0 Å². The van der Waals surface area contributed by atoms with Gasteiger partial charge in [-0.3, -0.25) is 0 Å². The summed E-state index contributed by atoms with van der Waals surface area (Å²) in [7, 11) is 0. The summed E-state index contributed by atoms with van der Waals surface area (Å²) in [6, 6.07) is 1.93. The molecule has 2 rings (SSSR count). The summed E-state index contributed by atoms with van der Waals surface area (Å²) in [4.78, 5) is 0. The van der Waals surface area contributed by atoms with Gasteiger partial charge in [-0.1, -0.05) is 5.16 Å². The van der Waals surface area contributed by atoms with E-state index in [9.17, 15) is 0 Å². The molecule has 1 aromatic rings. The van der Waals surface area contributed by atoms with E-state index in [1.807, 2.05) is 17.8 Å². The Morgan fingerprint density at radius 2 is 2.55 bits per heavy atom. The van der Waals surface area contributed by atoms with Crippen LogP contribution in [-0.4, -0.2) is 10.9 Å². The van der Waals surface area contributed by atoms with Crippen LogP contribution in [0.5, 0.6) is 0 Å². The predicted molar refractivity (Wildman–Crippen MR) is 45.4 cm³/mol. The van der Waals surface area contributed by atoms with E-state index in [4.69, 9.17) is 4.52 Å². The Bertz CT molecular complexity index is 206. The molecule has 0 saturated heterocycles. The van der Waals surface area contributed by atoms with Crippen LogP contribution in [0.2, 0.25) is 0 Å². The van der Waals surface area contributed by atoms with Crippen LogP contribution in [0.4, 0.5) is 0 Å². The lowest BCUT2D eigenvalue weighted by Crippen LogP contribution is -1.83. The van der Waals surface area contributed by atoms with E-state index >= 15 is 0 Å². The second kappa shape index (κ2) is 3.30. The van der Waals surface area contributed by atoms with Gasteiger partial charge >= 0.3 is 0 Å². The van der Waals surface area contributed by atoms with Crippen LogP contribution in [0.1, 0.15) is 18.5 Å². The van der Waals surface area contributed by atoms with E-state index in [2.05, 4.69) is 5.16 Å². The molecule has 11 heavy (non-hydrogen) atoms. The van der Waals surface area contributed by atoms with Crippen LogP contribution in [0.15, 0.2) is 16.9 Å². The van der Waals surface area contributed by atoms with E-state index in [0.29, 0.717) is 0 Å². The van der Waals surface area contributed by atoms with Gasteiger partial charge in [0.2, 0.25) is 0 Å². The van der Waals surface area contributed by atoms with Crippen LogP contribution in [-0.2, 0) is 5.75 Å². The summed E-state index contributed by atoms with van der Waals surface area (Å²) in [6.45, 7) is 0. The van der Waals surface area contributed by atoms with E-state index < -0.39 is 0 Å². The molecule has 0 aliphatic heterocycles. The molecule has 0 unspecified atom stereocenters. The number of nitrogens with zero attached hydrogens (tertiary/aromatic N) is 1. The molecule has 0 spiro atoms. The van der Waals surface area contributed by atoms with Gasteiger partial charge in [0.25, 0.3) is 0 Å². The monoisotopic (exact) mass is 169 g/mol. The highest BCUT2D eigenvalue weighted by Crippen LogP contribution is 2.33. The minimum absolute atomic E-state index is 1.01. The lowest BCUT2D eigenvalue weighted by Gasteiger charge is -1.93. The lowest BCUT2D eigenvalue weighted by atomic mass is 10.5. The van der Waals surface area contributed by atoms with Crippen molar-refractivity contribution in [3.05, 3.63) is 18.0 Å². The van der Waals surface area contributed by atoms with Gasteiger partial charge in [0.15, 0.2) is 0 Å². The predicted octanol–water partition coefficient (Wildman–Crippen LogP) is 2.32. The van der Waals surface area contributed by atoms with Gasteiger partial charge in [0, 0.05) is 11.8 Å². The summed E-state index contributed by atoms with van der Waals surface area (Å²) in [5, 5.41) is 3.84. The van der Waals surface area contributed by atoms with Crippen molar-refractivity contribution < 1.29 is 4.52 Å². The number of hydrogen-bond acceptors (Lipinski definition) is 3. The fourth-order valence-corrected chi connectivity index (χ4v) is 2.07. The maximum Gasteiger partial charge on any atom is 0.124 e. The van der Waals surface area contributed by atoms with E-state index in [1.54, 1.807) is 6.26 Å². The second-order valence-corrected chi connectivity index (χ2v) is 3.98. The molecule has 0 N–H and O–H groups in total. The molecule has 0 amide bonds. The Labute approximate surface area is 70.3 Å². The molecule has 3 heteroatoms. The largest absolute Gasteiger partial charge is 0.364 e. The van der Waals surface area contributed by atoms with Gasteiger partial charge in [-0.2, -0.15) is 11.8 Å². The van der Waals surface area contributed by atoms with Gasteiger partial charge in [-0.25, -0.2) is 0 Å². The fourth-order valence-electron chi connectivity index (χ4n) is 0.927. The summed E-state index contributed by atoms with van der Waals surface area (Å²) in [5.41, 5.74) is 1.07. The minimum Gasteiger partial charge on any atom is -0.364 e. The summed E-state index contributed by atoms with van der Waals surface area (Å²) in [6.07, 6.45) is 4.50. The van der Waals surface area contributed by atoms with E-state index in [1.165, 1.54) is 18.6 Å². The molecule has 1 heterocycles. The van der Waals surface area contributed by atoms with Crippen LogP contribution < -0.4 is 0 Å². The standard InChI is InChI=1S/C8H11NOS/c1-2-7(1)5-11-6-8-3-4-10-9-8/h3-4,7H,1-2,5-6H2. The molecule has 1 aliphatic rings. The molecular formula is C8H11NOS. The zero-order valence-corrected chi connectivity index (χ0v) is 7.14. The van der Waals surface area contributed by atoms with E-state index in [0.717, 1.165) is 17.4 Å². The average Bonchev–Trinajstić information content (AvgIpc) is 2.66. The number of aromatic nitrogens is 1. The molecule has 60 valence electrons. The van der Waals surface area contributed by atoms with Gasteiger partial charge in [-0.05, 0) is 24.5 Å². The van der Waals surface area contributed by atoms with Crippen LogP contribution >= 0.6 is 11.8 Å². The number of rotatable bonds is 4. The molecule has 2 nitrogen and oxygen atoms in total. The molecule has 0 atom stereocenters. The lowest BCUT2D eigenvalue weighted by molar-refractivity contribution is 0.414. The van der Waals surface area contributed by atoms with Crippen LogP contribution in [0.3, 0.4) is 0 Å². The first-order valence-corrected chi connectivity index (χ1v) is 5.07. The van der Waals surface area contributed by atoms with Crippen molar-refractivity contribution in [3.8, 4) is 0 Å². The van der Waals surface area contributed by atoms with Crippen molar-refractivity contribution >= 4 is 11.8 Å². The smallest absolute Gasteiger partial charge is 0.124 e. The highest BCUT2D eigenvalue weighted by atomic mass is 32.2. The zero-order chi connectivity index (χ0) is 7.52. The molecular weight excluding hydrogens is 158 g/mol. The minimum atomic E-state index is 1.01. The first kappa shape index (κ1) is 7.22. The van der Waals surface area contributed by atoms with Crippen molar-refractivity contribution in [1.82, 2.24) is 5.16 Å². The third-order valence-corrected chi connectivity index (χ3v) is 3.00. The van der Waals surface area contributed by atoms with Crippen molar-refractivity contribution in [2.24, 2.45) is 5.92 Å². The molecule has 0 radical (unpaired) electrons. The topological polar surface area (TPSA) is 26.0 Å². The first-order valence-electron chi connectivity index (χ1n) is 3.92. The molecule has 1 saturated carbocycles. The summed E-state index contributed by atoms with van der Waals surface area (Å²) >= 11 is 1.96. The van der Waals surface area contributed by atoms with Gasteiger partial charge in [-0.15, -0.1) is 0 Å². The second-order valence-electron chi connectivity index (χ2n) is 2.95. The summed E-state index contributed by atoms with van der Waals surface area (Å²) < 4.78 is 4.72. The zero-order valence-electron chi connectivity index (χ0n) is 6.32. The van der Waals surface area contributed by atoms with Gasteiger partial charge < -0.3 is 4.52 Å².